The summed E-state index contributed by atoms with van der Waals surface area (Å²) in [6.07, 6.45) is -22.8. The van der Waals surface area contributed by atoms with Gasteiger partial charge in [-0.1, -0.05) is 0 Å². The molecule has 0 spiro atoms. The van der Waals surface area contributed by atoms with Crippen LogP contribution in [0.3, 0.4) is 0 Å². The van der Waals surface area contributed by atoms with Gasteiger partial charge in [-0.05, 0) is 12.8 Å². The number of nitrogens with one attached hydrogen (secondary N) is 1. The van der Waals surface area contributed by atoms with E-state index >= 15 is 0 Å². The number of nitrogens with two attached hydrogens (primary N) is 6. The number of rotatable bonds is 13. The molecule has 22 nitrogen and oxygen atoms in total. The van der Waals surface area contributed by atoms with Crippen LogP contribution in [-0.4, -0.2) is 195 Å². The second kappa shape index (κ2) is 17.5. The summed E-state index contributed by atoms with van der Waals surface area (Å²) in [7, 11) is 0. The van der Waals surface area contributed by atoms with Gasteiger partial charge in [0, 0.05) is 25.7 Å². The molecule has 4 aliphatic rings. The zero-order chi connectivity index (χ0) is 36.3. The third kappa shape index (κ3) is 8.83. The van der Waals surface area contributed by atoms with Gasteiger partial charge in [0.15, 0.2) is 25.0 Å². The van der Waals surface area contributed by atoms with Crippen LogP contribution in [0.25, 0.3) is 0 Å². The lowest BCUT2D eigenvalue weighted by Crippen LogP contribution is -2.68. The number of aliphatic hydroxyl groups excluding tert-OH is 8. The summed E-state index contributed by atoms with van der Waals surface area (Å²) < 4.78 is 35.4. The van der Waals surface area contributed by atoms with E-state index in [9.17, 15) is 45.6 Å². The molecule has 0 aromatic heterocycles. The topological polar surface area (TPSA) is 402 Å². The van der Waals surface area contributed by atoms with Gasteiger partial charge in [-0.25, -0.2) is 0 Å². The maximum absolute atomic E-state index is 12.7. The maximum Gasteiger partial charge on any atom is 0.251 e. The number of carbonyl (C=O) groups is 1. The van der Waals surface area contributed by atoms with Crippen LogP contribution in [0.1, 0.15) is 12.8 Å². The van der Waals surface area contributed by atoms with E-state index < -0.39 is 141 Å². The summed E-state index contributed by atoms with van der Waals surface area (Å²) in [5.74, 6) is -1.07. The SMILES string of the molecule is NC[C@@H](O)[C@H](O)C(=O)N[C@@H]1C[C@H](N)[C@@H](O[C@H]2O[C@H](CN)[C@@H](O)C[C@H]2N)[C@H](O[C@@H]2O[C@H](CO)[C@@H](O)[C@H]2O[C@H]2O[C@@H](CN)[C@@H](O)[C@H](O)[C@H]2N)[C@H]1O. The zero-order valence-corrected chi connectivity index (χ0v) is 26.7. The molecular weight excluding hydrogens is 662 g/mol. The van der Waals surface area contributed by atoms with Gasteiger partial charge < -0.3 is 109 Å². The third-order valence-electron chi connectivity index (χ3n) is 9.39. The first-order valence-corrected chi connectivity index (χ1v) is 16.1. The van der Waals surface area contributed by atoms with Crippen LogP contribution in [0, 0.1) is 0 Å². The number of hydrogen-bond acceptors (Lipinski definition) is 21. The molecule has 1 aliphatic carbocycles. The van der Waals surface area contributed by atoms with Crippen LogP contribution in [0.5, 0.6) is 0 Å². The second-order valence-electron chi connectivity index (χ2n) is 12.9. The average Bonchev–Trinajstić information content (AvgIpc) is 3.38. The Labute approximate surface area is 281 Å². The Balaban J connectivity index is 1.62. The molecule has 4 rings (SSSR count). The molecule has 21 N–H and O–H groups in total. The normalized spacial score (nSPS) is 47.5. The first-order valence-electron chi connectivity index (χ1n) is 16.1. The van der Waals surface area contributed by atoms with Crippen molar-refractivity contribution in [3.05, 3.63) is 0 Å². The lowest BCUT2D eigenvalue weighted by molar-refractivity contribution is -0.317. The van der Waals surface area contributed by atoms with Gasteiger partial charge >= 0.3 is 0 Å². The first kappa shape index (κ1) is 40.4. The van der Waals surface area contributed by atoms with Crippen molar-refractivity contribution in [1.29, 1.82) is 0 Å². The predicted molar refractivity (Wildman–Crippen MR) is 162 cm³/mol. The zero-order valence-electron chi connectivity index (χ0n) is 26.7. The number of hydrogen-bond donors (Lipinski definition) is 15. The Morgan fingerprint density at radius 2 is 1.31 bits per heavy atom. The van der Waals surface area contributed by atoms with Gasteiger partial charge in [0.25, 0.3) is 5.91 Å². The van der Waals surface area contributed by atoms with Gasteiger partial charge in [-0.2, -0.15) is 0 Å². The molecule has 1 saturated carbocycles. The summed E-state index contributed by atoms with van der Waals surface area (Å²) >= 11 is 0. The molecule has 0 aromatic carbocycles. The fraction of sp³-hybridized carbons (Fsp3) is 0.963. The monoisotopic (exact) mass is 715 g/mol. The molecule has 4 fully saturated rings. The molecule has 1 amide bonds. The molecular formula is C27H53N7O15. The van der Waals surface area contributed by atoms with E-state index in [1.807, 2.05) is 0 Å². The highest BCUT2D eigenvalue weighted by Gasteiger charge is 2.54. The summed E-state index contributed by atoms with van der Waals surface area (Å²) in [4.78, 5) is 12.7. The number of ether oxygens (including phenoxy) is 6. The Bertz CT molecular complexity index is 1060. The van der Waals surface area contributed by atoms with Crippen molar-refractivity contribution in [2.75, 3.05) is 26.2 Å². The summed E-state index contributed by atoms with van der Waals surface area (Å²) in [6, 6.07) is -4.49. The molecule has 0 bridgehead atoms. The lowest BCUT2D eigenvalue weighted by Gasteiger charge is -2.47. The highest BCUT2D eigenvalue weighted by molar-refractivity contribution is 5.81. The van der Waals surface area contributed by atoms with E-state index in [-0.39, 0.29) is 25.9 Å². The number of amides is 1. The van der Waals surface area contributed by atoms with Crippen LogP contribution in [0.15, 0.2) is 0 Å². The van der Waals surface area contributed by atoms with E-state index in [0.717, 1.165) is 0 Å². The van der Waals surface area contributed by atoms with Crippen molar-refractivity contribution < 1.29 is 74.1 Å². The van der Waals surface area contributed by atoms with Gasteiger partial charge in [-0.15, -0.1) is 0 Å². The van der Waals surface area contributed by atoms with Gasteiger partial charge in [0.2, 0.25) is 0 Å². The predicted octanol–water partition coefficient (Wildman–Crippen LogP) is -10.0. The van der Waals surface area contributed by atoms with Crippen LogP contribution in [-0.2, 0) is 33.2 Å². The van der Waals surface area contributed by atoms with E-state index in [4.69, 9.17) is 62.8 Å². The fourth-order valence-corrected chi connectivity index (χ4v) is 6.38. The van der Waals surface area contributed by atoms with E-state index in [0.29, 0.717) is 0 Å². The first-order chi connectivity index (χ1) is 23.2. The van der Waals surface area contributed by atoms with Crippen molar-refractivity contribution in [3.8, 4) is 0 Å². The van der Waals surface area contributed by atoms with E-state index in [2.05, 4.69) is 5.32 Å². The Kier molecular flexibility index (Phi) is 14.4. The van der Waals surface area contributed by atoms with Crippen LogP contribution >= 0.6 is 0 Å². The summed E-state index contributed by atoms with van der Waals surface area (Å²) in [5, 5.41) is 86.0. The van der Waals surface area contributed by atoms with Crippen LogP contribution in [0.4, 0.5) is 0 Å². The molecule has 20 atom stereocenters. The van der Waals surface area contributed by atoms with Crippen molar-refractivity contribution >= 4 is 5.91 Å². The average molecular weight is 716 g/mol. The molecule has 3 aliphatic heterocycles. The van der Waals surface area contributed by atoms with Gasteiger partial charge in [0.05, 0.1) is 36.9 Å². The fourth-order valence-electron chi connectivity index (χ4n) is 6.38. The molecule has 3 saturated heterocycles. The molecule has 0 unspecified atom stereocenters. The van der Waals surface area contributed by atoms with Gasteiger partial charge in [-0.3, -0.25) is 4.79 Å². The third-order valence-corrected chi connectivity index (χ3v) is 9.39. The Morgan fingerprint density at radius 3 is 1.92 bits per heavy atom. The Morgan fingerprint density at radius 1 is 0.714 bits per heavy atom. The molecule has 3 heterocycles. The number of carbonyl (C=O) groups excluding carboxylic acids is 1. The van der Waals surface area contributed by atoms with Crippen molar-refractivity contribution in [3.63, 3.8) is 0 Å². The minimum Gasteiger partial charge on any atom is -0.394 e. The van der Waals surface area contributed by atoms with E-state index in [1.54, 1.807) is 0 Å². The van der Waals surface area contributed by atoms with Crippen molar-refractivity contribution in [2.24, 2.45) is 34.4 Å². The standard InChI is InChI=1S/C27H53N7O15/c28-3-11(37)17(39)24(43)34-9-1-7(31)21(47-25-8(32)2-10(36)12(4-29)44-25)22(16(9)38)48-27-23(19(41)14(6-35)46-27)49-26-15(33)20(42)18(40)13(5-30)45-26/h7-23,25-27,35-42H,1-6,28-33H2,(H,34,43)/t7-,8+,9+,10-,11+,12+,13-,14+,15+,16-,17-,18+,19+,20+,21+,22+,23+,25+,26+,27-/m0/s1. The van der Waals surface area contributed by atoms with Gasteiger partial charge in [0.1, 0.15) is 61.0 Å². The van der Waals surface area contributed by atoms with Crippen molar-refractivity contribution in [1.82, 2.24) is 5.32 Å². The molecule has 286 valence electrons. The quantitative estimate of drug-likeness (QED) is 0.0841. The van der Waals surface area contributed by atoms with Crippen LogP contribution in [0.2, 0.25) is 0 Å². The Hall–Kier alpha value is -1.33. The smallest absolute Gasteiger partial charge is 0.251 e. The highest BCUT2D eigenvalue weighted by atomic mass is 16.8. The van der Waals surface area contributed by atoms with Crippen molar-refractivity contribution in [2.45, 2.75) is 135 Å². The molecule has 22 heteroatoms. The lowest BCUT2D eigenvalue weighted by atomic mass is 9.83. The highest BCUT2D eigenvalue weighted by Crippen LogP contribution is 2.35. The minimum atomic E-state index is -1.95. The van der Waals surface area contributed by atoms with E-state index in [1.165, 1.54) is 0 Å². The summed E-state index contributed by atoms with van der Waals surface area (Å²) in [5.41, 5.74) is 35.5. The number of aliphatic hydroxyl groups is 8. The minimum absolute atomic E-state index is 0.0423. The molecule has 0 radical (unpaired) electrons. The second-order valence-corrected chi connectivity index (χ2v) is 12.9. The molecule has 0 aromatic rings. The maximum atomic E-state index is 12.7. The largest absolute Gasteiger partial charge is 0.394 e. The molecule has 49 heavy (non-hydrogen) atoms. The van der Waals surface area contributed by atoms with Crippen LogP contribution < -0.4 is 39.7 Å². The summed E-state index contributed by atoms with van der Waals surface area (Å²) in [6.45, 7) is -1.45.